The van der Waals surface area contributed by atoms with Gasteiger partial charge in [0.2, 0.25) is 10.0 Å². The average molecular weight is 282 g/mol. The molecule has 1 N–H and O–H groups in total. The second-order valence-corrected chi connectivity index (χ2v) is 5.59. The number of rotatable bonds is 6. The van der Waals surface area contributed by atoms with Crippen LogP contribution < -0.4 is 4.72 Å². The monoisotopic (exact) mass is 282 g/mol. The number of benzene rings is 1. The second-order valence-electron chi connectivity index (χ2n) is 3.89. The van der Waals surface area contributed by atoms with Gasteiger partial charge in [0.05, 0.1) is 4.92 Å². The van der Waals surface area contributed by atoms with E-state index >= 15 is 0 Å². The number of aryl methyl sites for hydroxylation is 1. The number of sulfonamides is 1. The number of nitrogens with one attached hydrogen (secondary N) is 1. The molecule has 19 heavy (non-hydrogen) atoms. The first kappa shape index (κ1) is 15.1. The third-order valence-corrected chi connectivity index (χ3v) is 4.10. The summed E-state index contributed by atoms with van der Waals surface area (Å²) in [5.41, 5.74) is -0.0944. The van der Waals surface area contributed by atoms with Gasteiger partial charge in [-0.05, 0) is 18.9 Å². The van der Waals surface area contributed by atoms with Crippen molar-refractivity contribution in [1.29, 1.82) is 0 Å². The summed E-state index contributed by atoms with van der Waals surface area (Å²) < 4.78 is 26.5. The van der Waals surface area contributed by atoms with Crippen LogP contribution in [0.1, 0.15) is 18.4 Å². The Kier molecular flexibility index (Phi) is 5.03. The van der Waals surface area contributed by atoms with Crippen LogP contribution in [0, 0.1) is 29.4 Å². The van der Waals surface area contributed by atoms with Crippen molar-refractivity contribution in [1.82, 2.24) is 4.72 Å². The molecule has 0 aliphatic rings. The van der Waals surface area contributed by atoms with Crippen LogP contribution in [0.5, 0.6) is 0 Å². The minimum Gasteiger partial charge on any atom is -0.258 e. The fourth-order valence-electron chi connectivity index (χ4n) is 1.60. The minimum absolute atomic E-state index is 0.151. The van der Waals surface area contributed by atoms with Crippen molar-refractivity contribution >= 4 is 15.7 Å². The van der Waals surface area contributed by atoms with Gasteiger partial charge in [-0.1, -0.05) is 12.1 Å². The molecule has 0 aliphatic carbocycles. The van der Waals surface area contributed by atoms with Crippen LogP contribution in [-0.4, -0.2) is 19.9 Å². The van der Waals surface area contributed by atoms with Crippen molar-refractivity contribution < 1.29 is 13.3 Å². The van der Waals surface area contributed by atoms with Crippen molar-refractivity contribution in [3.05, 3.63) is 33.9 Å². The lowest BCUT2D eigenvalue weighted by atomic mass is 10.2. The maximum atomic E-state index is 12.1. The Morgan fingerprint density at radius 2 is 2.16 bits per heavy atom. The van der Waals surface area contributed by atoms with Crippen molar-refractivity contribution in [3.63, 3.8) is 0 Å². The smallest absolute Gasteiger partial charge is 0.258 e. The molecule has 0 aromatic heterocycles. The molecular weight excluding hydrogens is 268 g/mol. The van der Waals surface area contributed by atoms with E-state index in [9.17, 15) is 18.5 Å². The molecule has 0 saturated heterocycles. The normalized spacial score (nSPS) is 10.9. The standard InChI is InChI=1S/C12H14N2O4S/c1-3-4-5-9-13-19(17,18)12-10(2)7-6-8-11(12)14(15)16/h1,6-8,13H,4-5,9H2,2H3. The molecule has 6 nitrogen and oxygen atoms in total. The number of nitrogens with zero attached hydrogens (tertiary/aromatic N) is 1. The highest BCUT2D eigenvalue weighted by molar-refractivity contribution is 7.89. The molecule has 0 saturated carbocycles. The number of terminal acetylenes is 1. The molecule has 0 heterocycles. The molecule has 0 amide bonds. The van der Waals surface area contributed by atoms with E-state index in [1.54, 1.807) is 0 Å². The van der Waals surface area contributed by atoms with E-state index in [0.717, 1.165) is 0 Å². The summed E-state index contributed by atoms with van der Waals surface area (Å²) in [5.74, 6) is 2.39. The van der Waals surface area contributed by atoms with Gasteiger partial charge >= 0.3 is 0 Å². The Balaban J connectivity index is 3.08. The van der Waals surface area contributed by atoms with Crippen molar-refractivity contribution in [3.8, 4) is 12.3 Å². The SMILES string of the molecule is C#CCCCNS(=O)(=O)c1c(C)cccc1[N+](=O)[O-]. The van der Waals surface area contributed by atoms with E-state index in [0.29, 0.717) is 18.4 Å². The second kappa shape index (κ2) is 6.31. The molecule has 0 fully saturated rings. The number of nitro benzene ring substituents is 1. The van der Waals surface area contributed by atoms with E-state index in [1.165, 1.54) is 25.1 Å². The highest BCUT2D eigenvalue weighted by Crippen LogP contribution is 2.26. The first-order valence-corrected chi connectivity index (χ1v) is 7.05. The molecule has 0 bridgehead atoms. The fourth-order valence-corrected chi connectivity index (χ4v) is 3.07. The Labute approximate surface area is 112 Å². The minimum atomic E-state index is -3.91. The van der Waals surface area contributed by atoms with Crippen molar-refractivity contribution in [2.45, 2.75) is 24.7 Å². The first-order chi connectivity index (χ1) is 8.90. The average Bonchev–Trinajstić information content (AvgIpc) is 2.34. The third kappa shape index (κ3) is 3.77. The van der Waals surface area contributed by atoms with Gasteiger partial charge in [-0.3, -0.25) is 10.1 Å². The Morgan fingerprint density at radius 3 is 2.74 bits per heavy atom. The number of hydrogen-bond donors (Lipinski definition) is 1. The number of unbranched alkanes of at least 4 members (excludes halogenated alkanes) is 1. The zero-order valence-electron chi connectivity index (χ0n) is 10.4. The van der Waals surface area contributed by atoms with Crippen LogP contribution in [0.3, 0.4) is 0 Å². The van der Waals surface area contributed by atoms with Gasteiger partial charge in [-0.25, -0.2) is 13.1 Å². The molecule has 1 rings (SSSR count). The molecular formula is C12H14N2O4S. The van der Waals surface area contributed by atoms with E-state index in [1.807, 2.05) is 0 Å². The summed E-state index contributed by atoms with van der Waals surface area (Å²) in [6.45, 7) is 1.67. The number of nitro groups is 1. The zero-order valence-corrected chi connectivity index (χ0v) is 11.2. The molecule has 1 aromatic carbocycles. The van der Waals surface area contributed by atoms with Gasteiger partial charge < -0.3 is 0 Å². The topological polar surface area (TPSA) is 89.3 Å². The van der Waals surface area contributed by atoms with Crippen LogP contribution in [0.15, 0.2) is 23.1 Å². The van der Waals surface area contributed by atoms with Crippen LogP contribution in [0.25, 0.3) is 0 Å². The lowest BCUT2D eigenvalue weighted by molar-refractivity contribution is -0.387. The summed E-state index contributed by atoms with van der Waals surface area (Å²) in [6, 6.07) is 4.14. The summed E-state index contributed by atoms with van der Waals surface area (Å²) in [7, 11) is -3.91. The summed E-state index contributed by atoms with van der Waals surface area (Å²) in [5, 5.41) is 10.9. The lowest BCUT2D eigenvalue weighted by Gasteiger charge is -2.09. The maximum Gasteiger partial charge on any atom is 0.289 e. The van der Waals surface area contributed by atoms with Crippen molar-refractivity contribution in [2.24, 2.45) is 0 Å². The summed E-state index contributed by atoms with van der Waals surface area (Å²) >= 11 is 0. The van der Waals surface area contributed by atoms with E-state index in [-0.39, 0.29) is 11.4 Å². The third-order valence-electron chi connectivity index (χ3n) is 2.45. The molecule has 7 heteroatoms. The van der Waals surface area contributed by atoms with Crippen LogP contribution in [-0.2, 0) is 10.0 Å². The zero-order chi connectivity index (χ0) is 14.5. The predicted octanol–water partition coefficient (Wildman–Crippen LogP) is 1.59. The van der Waals surface area contributed by atoms with Gasteiger partial charge in [0.15, 0.2) is 4.90 Å². The Hall–Kier alpha value is -1.91. The highest BCUT2D eigenvalue weighted by Gasteiger charge is 2.27. The van der Waals surface area contributed by atoms with E-state index in [2.05, 4.69) is 10.6 Å². The molecule has 0 radical (unpaired) electrons. The van der Waals surface area contributed by atoms with E-state index in [4.69, 9.17) is 6.42 Å². The van der Waals surface area contributed by atoms with Gasteiger partial charge in [-0.15, -0.1) is 12.3 Å². The predicted molar refractivity (Wildman–Crippen MR) is 71.1 cm³/mol. The first-order valence-electron chi connectivity index (χ1n) is 5.57. The van der Waals surface area contributed by atoms with Gasteiger partial charge in [0.1, 0.15) is 0 Å². The largest absolute Gasteiger partial charge is 0.289 e. The quantitative estimate of drug-likeness (QED) is 0.371. The highest BCUT2D eigenvalue weighted by atomic mass is 32.2. The van der Waals surface area contributed by atoms with Crippen LogP contribution >= 0.6 is 0 Å². The van der Waals surface area contributed by atoms with Gasteiger partial charge in [-0.2, -0.15) is 0 Å². The fraction of sp³-hybridized carbons (Fsp3) is 0.333. The molecule has 0 atom stereocenters. The Bertz CT molecular complexity index is 617. The van der Waals surface area contributed by atoms with Crippen LogP contribution in [0.4, 0.5) is 5.69 Å². The summed E-state index contributed by atoms with van der Waals surface area (Å²) in [4.78, 5) is 9.89. The molecule has 1 aromatic rings. The lowest BCUT2D eigenvalue weighted by Crippen LogP contribution is -2.26. The van der Waals surface area contributed by atoms with Crippen molar-refractivity contribution in [2.75, 3.05) is 6.54 Å². The summed E-state index contributed by atoms with van der Waals surface area (Å²) in [6.07, 6.45) is 5.99. The number of hydrogen-bond acceptors (Lipinski definition) is 4. The Morgan fingerprint density at radius 1 is 1.47 bits per heavy atom. The molecule has 0 unspecified atom stereocenters. The molecule has 0 spiro atoms. The van der Waals surface area contributed by atoms with E-state index < -0.39 is 20.6 Å². The maximum absolute atomic E-state index is 12.1. The van der Waals surface area contributed by atoms with Crippen LogP contribution in [0.2, 0.25) is 0 Å². The molecule has 102 valence electrons. The molecule has 0 aliphatic heterocycles. The van der Waals surface area contributed by atoms with Gasteiger partial charge in [0.25, 0.3) is 5.69 Å². The van der Waals surface area contributed by atoms with Gasteiger partial charge in [0, 0.05) is 19.0 Å².